The summed E-state index contributed by atoms with van der Waals surface area (Å²) in [6.07, 6.45) is 3.51. The molecule has 2 aromatic rings. The van der Waals surface area contributed by atoms with E-state index in [9.17, 15) is 0 Å². The van der Waals surface area contributed by atoms with Crippen LogP contribution in [0.1, 0.15) is 6.92 Å². The number of hydrogen-bond donors (Lipinski definition) is 0. The Bertz CT molecular complexity index is 538. The summed E-state index contributed by atoms with van der Waals surface area (Å²) in [4.78, 5) is 15.1. The zero-order valence-electron chi connectivity index (χ0n) is 9.97. The molecule has 0 amide bonds. The van der Waals surface area contributed by atoms with E-state index in [-0.39, 0.29) is 0 Å². The Morgan fingerprint density at radius 1 is 1.38 bits per heavy atom. The highest BCUT2D eigenvalue weighted by atomic mass is 15.1. The number of nitrogens with zero attached hydrogens (tertiary/aromatic N) is 5. The lowest BCUT2D eigenvalue weighted by atomic mass is 10.3. The van der Waals surface area contributed by atoms with Gasteiger partial charge in [0, 0.05) is 27.3 Å². The normalized spacial score (nSPS) is 12.1. The average molecular weight is 217 g/mol. The summed E-state index contributed by atoms with van der Waals surface area (Å²) in [7, 11) is 5.86. The second-order valence-corrected chi connectivity index (χ2v) is 3.91. The van der Waals surface area contributed by atoms with Crippen LogP contribution in [0.25, 0.3) is 11.2 Å². The van der Waals surface area contributed by atoms with Crippen LogP contribution >= 0.6 is 0 Å². The fraction of sp³-hybridized carbons (Fsp3) is 0.364. The molecule has 16 heavy (non-hydrogen) atoms. The Morgan fingerprint density at radius 2 is 2.12 bits per heavy atom. The van der Waals surface area contributed by atoms with Gasteiger partial charge < -0.3 is 9.47 Å². The molecule has 0 atom stereocenters. The number of aromatic nitrogens is 3. The van der Waals surface area contributed by atoms with Crippen molar-refractivity contribution in [1.29, 1.82) is 0 Å². The zero-order chi connectivity index (χ0) is 11.7. The number of imidazole rings is 1. The van der Waals surface area contributed by atoms with E-state index in [1.54, 1.807) is 12.5 Å². The Labute approximate surface area is 94.5 Å². The number of hydrogen-bond acceptors (Lipinski definition) is 3. The molecule has 2 heterocycles. The first-order chi connectivity index (χ1) is 7.59. The largest absolute Gasteiger partial charge is 0.366 e. The number of aryl methyl sites for hydroxylation is 1. The van der Waals surface area contributed by atoms with E-state index in [0.717, 1.165) is 22.7 Å². The van der Waals surface area contributed by atoms with Gasteiger partial charge in [0.2, 0.25) is 0 Å². The van der Waals surface area contributed by atoms with Gasteiger partial charge in [-0.25, -0.2) is 15.0 Å². The van der Waals surface area contributed by atoms with Crippen LogP contribution in [0.2, 0.25) is 0 Å². The third-order valence-corrected chi connectivity index (χ3v) is 2.51. The zero-order valence-corrected chi connectivity index (χ0v) is 9.97. The first kappa shape index (κ1) is 10.6. The van der Waals surface area contributed by atoms with Crippen molar-refractivity contribution in [2.45, 2.75) is 6.92 Å². The average Bonchev–Trinajstić information content (AvgIpc) is 2.62. The van der Waals surface area contributed by atoms with Gasteiger partial charge >= 0.3 is 0 Å². The first-order valence-electron chi connectivity index (χ1n) is 5.08. The van der Waals surface area contributed by atoms with Crippen molar-refractivity contribution >= 4 is 22.7 Å². The first-order valence-corrected chi connectivity index (χ1v) is 5.08. The molecule has 2 rings (SSSR count). The van der Waals surface area contributed by atoms with Crippen LogP contribution in [0.4, 0.5) is 5.69 Å². The molecular weight excluding hydrogens is 202 g/mol. The predicted octanol–water partition coefficient (Wildman–Crippen LogP) is 1.58. The molecule has 0 aliphatic rings. The second kappa shape index (κ2) is 3.92. The van der Waals surface area contributed by atoms with Crippen LogP contribution in [0.3, 0.4) is 0 Å². The van der Waals surface area contributed by atoms with Gasteiger partial charge in [-0.1, -0.05) is 0 Å². The van der Waals surface area contributed by atoms with Crippen molar-refractivity contribution in [3.8, 4) is 0 Å². The van der Waals surface area contributed by atoms with Crippen LogP contribution in [0.5, 0.6) is 0 Å². The number of amidine groups is 1. The van der Waals surface area contributed by atoms with Gasteiger partial charge in [-0.3, -0.25) is 0 Å². The van der Waals surface area contributed by atoms with E-state index in [1.165, 1.54) is 0 Å². The minimum Gasteiger partial charge on any atom is -0.366 e. The summed E-state index contributed by atoms with van der Waals surface area (Å²) in [6.45, 7) is 1.97. The Balaban J connectivity index is 2.57. The topological polar surface area (TPSA) is 46.3 Å². The predicted molar refractivity (Wildman–Crippen MR) is 65.0 cm³/mol. The van der Waals surface area contributed by atoms with Crippen molar-refractivity contribution in [1.82, 2.24) is 19.4 Å². The maximum Gasteiger partial charge on any atom is 0.161 e. The molecule has 0 saturated carbocycles. The quantitative estimate of drug-likeness (QED) is 0.538. The van der Waals surface area contributed by atoms with Crippen LogP contribution in [0.15, 0.2) is 23.6 Å². The van der Waals surface area contributed by atoms with Gasteiger partial charge in [-0.05, 0) is 13.0 Å². The standard InChI is InChI=1S/C11H15N5/c1-8(15(2)3)14-9-5-6-12-11-10(9)13-7-16(11)4/h5-7H,1-4H3. The molecular formula is C11H15N5. The molecule has 0 saturated heterocycles. The summed E-state index contributed by atoms with van der Waals surface area (Å²) in [5.74, 6) is 0.943. The van der Waals surface area contributed by atoms with Crippen molar-refractivity contribution < 1.29 is 0 Å². The summed E-state index contributed by atoms with van der Waals surface area (Å²) < 4.78 is 1.89. The lowest BCUT2D eigenvalue weighted by molar-refractivity contribution is 0.619. The van der Waals surface area contributed by atoms with Gasteiger partial charge in [-0.15, -0.1) is 0 Å². The van der Waals surface area contributed by atoms with Crippen molar-refractivity contribution in [3.05, 3.63) is 18.6 Å². The van der Waals surface area contributed by atoms with Crippen LogP contribution in [-0.4, -0.2) is 39.4 Å². The highest BCUT2D eigenvalue weighted by molar-refractivity contribution is 5.89. The molecule has 0 bridgehead atoms. The molecule has 0 fully saturated rings. The van der Waals surface area contributed by atoms with E-state index in [1.807, 2.05) is 43.6 Å². The van der Waals surface area contributed by atoms with Crippen molar-refractivity contribution in [3.63, 3.8) is 0 Å². The van der Waals surface area contributed by atoms with Gasteiger partial charge in [0.1, 0.15) is 11.4 Å². The van der Waals surface area contributed by atoms with E-state index >= 15 is 0 Å². The number of pyridine rings is 1. The molecule has 0 aliphatic heterocycles. The summed E-state index contributed by atoms with van der Waals surface area (Å²) in [6, 6.07) is 1.88. The minimum absolute atomic E-state index is 0.839. The maximum absolute atomic E-state index is 4.53. The number of rotatable bonds is 1. The summed E-state index contributed by atoms with van der Waals surface area (Å²) >= 11 is 0. The highest BCUT2D eigenvalue weighted by Gasteiger charge is 2.06. The third-order valence-electron chi connectivity index (χ3n) is 2.51. The Hall–Kier alpha value is -1.91. The van der Waals surface area contributed by atoms with Crippen LogP contribution in [0, 0.1) is 0 Å². The SMILES string of the molecule is CC(=Nc1ccnc2c1ncn2C)N(C)C. The molecule has 5 nitrogen and oxygen atoms in total. The number of aliphatic imine (C=N–C) groups is 1. The Morgan fingerprint density at radius 3 is 2.81 bits per heavy atom. The van der Waals surface area contributed by atoms with Gasteiger partial charge in [0.25, 0.3) is 0 Å². The fourth-order valence-electron chi connectivity index (χ4n) is 1.38. The van der Waals surface area contributed by atoms with E-state index in [4.69, 9.17) is 0 Å². The molecule has 0 unspecified atom stereocenters. The molecule has 0 radical (unpaired) electrons. The van der Waals surface area contributed by atoms with Gasteiger partial charge in [0.05, 0.1) is 12.0 Å². The van der Waals surface area contributed by atoms with Crippen molar-refractivity contribution in [2.75, 3.05) is 14.1 Å². The fourth-order valence-corrected chi connectivity index (χ4v) is 1.38. The minimum atomic E-state index is 0.839. The van der Waals surface area contributed by atoms with Crippen LogP contribution in [-0.2, 0) is 7.05 Å². The molecule has 0 aromatic carbocycles. The van der Waals surface area contributed by atoms with E-state index in [2.05, 4.69) is 15.0 Å². The van der Waals surface area contributed by atoms with E-state index in [0.29, 0.717) is 0 Å². The van der Waals surface area contributed by atoms with Crippen LogP contribution < -0.4 is 0 Å². The molecule has 0 spiro atoms. The lowest BCUT2D eigenvalue weighted by Gasteiger charge is -2.10. The smallest absolute Gasteiger partial charge is 0.161 e. The van der Waals surface area contributed by atoms with Gasteiger partial charge in [-0.2, -0.15) is 0 Å². The maximum atomic E-state index is 4.53. The molecule has 0 N–H and O–H groups in total. The monoisotopic (exact) mass is 217 g/mol. The van der Waals surface area contributed by atoms with E-state index < -0.39 is 0 Å². The molecule has 5 heteroatoms. The van der Waals surface area contributed by atoms with Crippen molar-refractivity contribution in [2.24, 2.45) is 12.0 Å². The lowest BCUT2D eigenvalue weighted by Crippen LogP contribution is -2.17. The summed E-state index contributed by atoms with van der Waals surface area (Å²) in [5, 5.41) is 0. The third kappa shape index (κ3) is 1.76. The second-order valence-electron chi connectivity index (χ2n) is 3.91. The molecule has 0 aliphatic carbocycles. The Kier molecular flexibility index (Phi) is 2.60. The highest BCUT2D eigenvalue weighted by Crippen LogP contribution is 2.22. The van der Waals surface area contributed by atoms with Gasteiger partial charge in [0.15, 0.2) is 5.65 Å². The number of fused-ring (bicyclic) bond motifs is 1. The summed E-state index contributed by atoms with van der Waals surface area (Å²) in [5.41, 5.74) is 2.55. The molecule has 2 aromatic heterocycles. The molecule has 84 valence electrons.